The second-order valence-corrected chi connectivity index (χ2v) is 6.47. The van der Waals surface area contributed by atoms with Gasteiger partial charge < -0.3 is 19.9 Å². The van der Waals surface area contributed by atoms with Crippen LogP contribution in [0.3, 0.4) is 0 Å². The van der Waals surface area contributed by atoms with Gasteiger partial charge in [0.15, 0.2) is 0 Å². The van der Waals surface area contributed by atoms with Crippen molar-refractivity contribution in [1.29, 1.82) is 0 Å². The molecule has 1 unspecified atom stereocenters. The minimum absolute atomic E-state index is 0.330. The van der Waals surface area contributed by atoms with E-state index in [2.05, 4.69) is 10.3 Å². The molecule has 2 aromatic rings. The molecule has 0 aliphatic carbocycles. The van der Waals surface area contributed by atoms with Gasteiger partial charge in [-0.25, -0.2) is 9.78 Å². The second kappa shape index (κ2) is 6.03. The van der Waals surface area contributed by atoms with Gasteiger partial charge in [-0.3, -0.25) is 0 Å². The average molecular weight is 328 g/mol. The predicted molar refractivity (Wildman–Crippen MR) is 89.4 cm³/mol. The number of nitrogens with one attached hydrogen (secondary N) is 1. The number of methoxy groups -OCH3 is 1. The maximum absolute atomic E-state index is 11.2. The number of hydrogen-bond donors (Lipinski definition) is 2. The highest BCUT2D eigenvalue weighted by Gasteiger charge is 2.38. The van der Waals surface area contributed by atoms with Crippen LogP contribution in [-0.4, -0.2) is 29.9 Å². The molecule has 1 aromatic carbocycles. The molecule has 1 aromatic heterocycles. The Kier molecular flexibility index (Phi) is 4.05. The highest BCUT2D eigenvalue weighted by molar-refractivity contribution is 5.71. The molecule has 1 aliphatic rings. The first-order valence-corrected chi connectivity index (χ1v) is 7.68. The van der Waals surface area contributed by atoms with E-state index in [4.69, 9.17) is 14.6 Å². The highest BCUT2D eigenvalue weighted by atomic mass is 16.5. The molecular weight excluding hydrogens is 308 g/mol. The molecular formula is C18H20N2O4. The van der Waals surface area contributed by atoms with E-state index in [1.165, 1.54) is 0 Å². The van der Waals surface area contributed by atoms with Gasteiger partial charge >= 0.3 is 6.09 Å². The minimum atomic E-state index is -1.04. The Morgan fingerprint density at radius 2 is 2.21 bits per heavy atom. The lowest BCUT2D eigenvalue weighted by Gasteiger charge is -2.39. The summed E-state index contributed by atoms with van der Waals surface area (Å²) < 4.78 is 11.2. The normalized spacial score (nSPS) is 18.2. The van der Waals surface area contributed by atoms with Crippen LogP contribution in [-0.2, 0) is 0 Å². The third-order valence-electron chi connectivity index (χ3n) is 4.25. The van der Waals surface area contributed by atoms with Crippen LogP contribution in [0.4, 0.5) is 4.79 Å². The first kappa shape index (κ1) is 16.1. The first-order valence-electron chi connectivity index (χ1n) is 7.68. The number of nitrogens with zero attached hydrogens (tertiary/aromatic N) is 1. The number of carbonyl (C=O) groups is 1. The number of hydrogen-bond acceptors (Lipinski definition) is 4. The first-order chi connectivity index (χ1) is 11.4. The van der Waals surface area contributed by atoms with Gasteiger partial charge in [0.05, 0.1) is 19.8 Å². The quantitative estimate of drug-likeness (QED) is 0.901. The van der Waals surface area contributed by atoms with Crippen molar-refractivity contribution in [2.75, 3.05) is 13.7 Å². The molecule has 0 radical (unpaired) electrons. The summed E-state index contributed by atoms with van der Waals surface area (Å²) in [5, 5.41) is 11.8. The standard InChI is InChI=1S/C18H20N2O4/c1-18(2)10-24-14-9-11(12-5-4-8-19-16(12)23-3)6-7-13(14)15(18)20-17(21)22/h4-9,15,20H,10H2,1-3H3,(H,21,22). The summed E-state index contributed by atoms with van der Waals surface area (Å²) in [6.07, 6.45) is 0.631. The number of amides is 1. The SMILES string of the molecule is COc1ncccc1-c1ccc2c(c1)OCC(C)(C)C2NC(=O)O. The second-order valence-electron chi connectivity index (χ2n) is 6.47. The fourth-order valence-corrected chi connectivity index (χ4v) is 3.00. The topological polar surface area (TPSA) is 80.7 Å². The van der Waals surface area contributed by atoms with Crippen LogP contribution in [0.15, 0.2) is 36.5 Å². The van der Waals surface area contributed by atoms with Crippen LogP contribution in [0.2, 0.25) is 0 Å². The number of ether oxygens (including phenoxy) is 2. The van der Waals surface area contributed by atoms with Crippen molar-refractivity contribution in [2.45, 2.75) is 19.9 Å². The molecule has 2 N–H and O–H groups in total. The zero-order chi connectivity index (χ0) is 17.3. The van der Waals surface area contributed by atoms with E-state index in [-0.39, 0.29) is 11.5 Å². The number of benzene rings is 1. The smallest absolute Gasteiger partial charge is 0.405 e. The summed E-state index contributed by atoms with van der Waals surface area (Å²) in [5.74, 6) is 1.21. The summed E-state index contributed by atoms with van der Waals surface area (Å²) in [6, 6.07) is 9.17. The Morgan fingerprint density at radius 3 is 2.92 bits per heavy atom. The molecule has 0 fully saturated rings. The van der Waals surface area contributed by atoms with Crippen molar-refractivity contribution in [3.8, 4) is 22.8 Å². The summed E-state index contributed by atoms with van der Waals surface area (Å²) in [5.41, 5.74) is 2.27. The molecule has 1 aliphatic heterocycles. The van der Waals surface area contributed by atoms with E-state index in [1.807, 2.05) is 44.2 Å². The van der Waals surface area contributed by atoms with Crippen molar-refractivity contribution >= 4 is 6.09 Å². The van der Waals surface area contributed by atoms with Crippen molar-refractivity contribution in [3.63, 3.8) is 0 Å². The van der Waals surface area contributed by atoms with Crippen LogP contribution < -0.4 is 14.8 Å². The molecule has 0 saturated carbocycles. The largest absolute Gasteiger partial charge is 0.493 e. The van der Waals surface area contributed by atoms with Gasteiger partial charge in [-0.2, -0.15) is 0 Å². The summed E-state index contributed by atoms with van der Waals surface area (Å²) in [4.78, 5) is 15.4. The molecule has 1 atom stereocenters. The van der Waals surface area contributed by atoms with Crippen molar-refractivity contribution in [3.05, 3.63) is 42.1 Å². The maximum Gasteiger partial charge on any atom is 0.405 e. The Morgan fingerprint density at radius 1 is 1.42 bits per heavy atom. The van der Waals surface area contributed by atoms with Gasteiger partial charge in [0.25, 0.3) is 0 Å². The van der Waals surface area contributed by atoms with Gasteiger partial charge in [-0.05, 0) is 23.8 Å². The van der Waals surface area contributed by atoms with Crippen LogP contribution in [0.25, 0.3) is 11.1 Å². The Labute approximate surface area is 140 Å². The van der Waals surface area contributed by atoms with E-state index in [0.29, 0.717) is 18.2 Å². The molecule has 3 rings (SSSR count). The Balaban J connectivity index is 2.04. The minimum Gasteiger partial charge on any atom is -0.493 e. The average Bonchev–Trinajstić information content (AvgIpc) is 2.57. The monoisotopic (exact) mass is 328 g/mol. The maximum atomic E-state index is 11.2. The molecule has 1 amide bonds. The number of rotatable bonds is 3. The van der Waals surface area contributed by atoms with Crippen LogP contribution in [0.5, 0.6) is 11.6 Å². The van der Waals surface area contributed by atoms with Gasteiger partial charge in [0.2, 0.25) is 5.88 Å². The van der Waals surface area contributed by atoms with E-state index in [0.717, 1.165) is 16.7 Å². The molecule has 0 bridgehead atoms. The molecule has 0 spiro atoms. The third kappa shape index (κ3) is 2.87. The zero-order valence-corrected chi connectivity index (χ0v) is 13.9. The number of fused-ring (bicyclic) bond motifs is 1. The summed E-state index contributed by atoms with van der Waals surface area (Å²) >= 11 is 0. The number of pyridine rings is 1. The van der Waals surface area contributed by atoms with Crippen LogP contribution in [0.1, 0.15) is 25.5 Å². The van der Waals surface area contributed by atoms with Crippen molar-refractivity contribution in [2.24, 2.45) is 5.41 Å². The number of aromatic nitrogens is 1. The van der Waals surface area contributed by atoms with Crippen LogP contribution >= 0.6 is 0 Å². The molecule has 126 valence electrons. The molecule has 24 heavy (non-hydrogen) atoms. The van der Waals surface area contributed by atoms with Gasteiger partial charge in [0, 0.05) is 22.7 Å². The zero-order valence-electron chi connectivity index (χ0n) is 13.9. The summed E-state index contributed by atoms with van der Waals surface area (Å²) in [6.45, 7) is 4.39. The van der Waals surface area contributed by atoms with Crippen LogP contribution in [0, 0.1) is 5.41 Å². The fourth-order valence-electron chi connectivity index (χ4n) is 3.00. The fraction of sp³-hybridized carbons (Fsp3) is 0.333. The van der Waals surface area contributed by atoms with Gasteiger partial charge in [-0.15, -0.1) is 0 Å². The molecule has 6 nitrogen and oxygen atoms in total. The number of carboxylic acid groups (broad SMARTS) is 1. The Hall–Kier alpha value is -2.76. The molecule has 2 heterocycles. The highest BCUT2D eigenvalue weighted by Crippen LogP contribution is 2.44. The lowest BCUT2D eigenvalue weighted by Crippen LogP contribution is -2.43. The van der Waals surface area contributed by atoms with Crippen molar-refractivity contribution < 1.29 is 19.4 Å². The Bertz CT molecular complexity index is 773. The van der Waals surface area contributed by atoms with Gasteiger partial charge in [0.1, 0.15) is 5.75 Å². The van der Waals surface area contributed by atoms with E-state index >= 15 is 0 Å². The lowest BCUT2D eigenvalue weighted by atomic mass is 9.78. The molecule has 0 saturated heterocycles. The predicted octanol–water partition coefficient (Wildman–Crippen LogP) is 3.48. The van der Waals surface area contributed by atoms with E-state index in [9.17, 15) is 4.79 Å². The molecule has 6 heteroatoms. The van der Waals surface area contributed by atoms with Gasteiger partial charge in [-0.1, -0.05) is 26.0 Å². The van der Waals surface area contributed by atoms with E-state index in [1.54, 1.807) is 13.3 Å². The van der Waals surface area contributed by atoms with E-state index < -0.39 is 6.09 Å². The lowest BCUT2D eigenvalue weighted by molar-refractivity contribution is 0.0996. The third-order valence-corrected chi connectivity index (χ3v) is 4.25. The van der Waals surface area contributed by atoms with Crippen molar-refractivity contribution in [1.82, 2.24) is 10.3 Å². The summed E-state index contributed by atoms with van der Waals surface area (Å²) in [7, 11) is 1.58.